The van der Waals surface area contributed by atoms with Crippen LogP contribution in [-0.4, -0.2) is 59.4 Å². The van der Waals surface area contributed by atoms with Gasteiger partial charge in [-0.15, -0.1) is 0 Å². The van der Waals surface area contributed by atoms with Crippen LogP contribution in [0.1, 0.15) is 60.8 Å². The standard InChI is InChI=1S/C19H42NO3Si/c1-17(2)13-21-24(22-14-18(3)4,23-15-19(5)6)16-20(7)11-9-8-10-12-20/h17-19H,8-16H2,1-7H3/q+1. The van der Waals surface area contributed by atoms with Crippen LogP contribution in [0.15, 0.2) is 0 Å². The van der Waals surface area contributed by atoms with E-state index in [1.807, 2.05) is 0 Å². The fourth-order valence-corrected chi connectivity index (χ4v) is 6.58. The molecule has 24 heavy (non-hydrogen) atoms. The average molecular weight is 361 g/mol. The second kappa shape index (κ2) is 10.3. The lowest BCUT2D eigenvalue weighted by atomic mass is 10.1. The van der Waals surface area contributed by atoms with Crippen LogP contribution in [0.25, 0.3) is 0 Å². The number of hydrogen-bond acceptors (Lipinski definition) is 3. The van der Waals surface area contributed by atoms with Crippen molar-refractivity contribution in [2.24, 2.45) is 17.8 Å². The first-order chi connectivity index (χ1) is 11.2. The van der Waals surface area contributed by atoms with Crippen LogP contribution in [0.5, 0.6) is 0 Å². The molecule has 1 aliphatic heterocycles. The zero-order chi connectivity index (χ0) is 18.2. The lowest BCUT2D eigenvalue weighted by Crippen LogP contribution is -2.63. The predicted molar refractivity (Wildman–Crippen MR) is 103 cm³/mol. The number of piperidine rings is 1. The maximum atomic E-state index is 6.44. The van der Waals surface area contributed by atoms with Gasteiger partial charge in [-0.2, -0.15) is 0 Å². The summed E-state index contributed by atoms with van der Waals surface area (Å²) < 4.78 is 20.4. The van der Waals surface area contributed by atoms with Gasteiger partial charge in [0, 0.05) is 19.8 Å². The van der Waals surface area contributed by atoms with Crippen molar-refractivity contribution < 1.29 is 17.8 Å². The van der Waals surface area contributed by atoms with Crippen molar-refractivity contribution in [1.82, 2.24) is 0 Å². The molecular weight excluding hydrogens is 318 g/mol. The molecule has 0 aliphatic carbocycles. The molecule has 0 aromatic heterocycles. The van der Waals surface area contributed by atoms with E-state index in [0.717, 1.165) is 30.5 Å². The summed E-state index contributed by atoms with van der Waals surface area (Å²) in [7, 11) is -0.313. The highest BCUT2D eigenvalue weighted by Gasteiger charge is 2.50. The van der Waals surface area contributed by atoms with E-state index in [0.29, 0.717) is 17.8 Å². The normalized spacial score (nSPS) is 18.8. The number of hydrogen-bond donors (Lipinski definition) is 0. The van der Waals surface area contributed by atoms with Crippen LogP contribution in [-0.2, 0) is 13.3 Å². The minimum absolute atomic E-state index is 0.494. The Bertz CT molecular complexity index is 310. The minimum Gasteiger partial charge on any atom is -0.370 e. The van der Waals surface area contributed by atoms with Crippen LogP contribution in [0.2, 0.25) is 0 Å². The van der Waals surface area contributed by atoms with Crippen molar-refractivity contribution in [2.45, 2.75) is 60.8 Å². The molecular formula is C19H42NO3Si+. The highest BCUT2D eigenvalue weighted by atomic mass is 28.4. The van der Waals surface area contributed by atoms with Crippen molar-refractivity contribution in [3.63, 3.8) is 0 Å². The molecule has 0 atom stereocenters. The van der Waals surface area contributed by atoms with Gasteiger partial charge in [0.2, 0.25) is 0 Å². The highest BCUT2D eigenvalue weighted by molar-refractivity contribution is 6.60. The predicted octanol–water partition coefficient (Wildman–Crippen LogP) is 4.11. The van der Waals surface area contributed by atoms with Gasteiger partial charge in [0.1, 0.15) is 6.17 Å². The van der Waals surface area contributed by atoms with E-state index in [1.54, 1.807) is 0 Å². The molecule has 0 amide bonds. The molecule has 0 saturated carbocycles. The Morgan fingerprint density at radius 2 is 1.08 bits per heavy atom. The third-order valence-corrected chi connectivity index (χ3v) is 7.35. The van der Waals surface area contributed by atoms with E-state index < -0.39 is 8.80 Å². The van der Waals surface area contributed by atoms with E-state index in [9.17, 15) is 0 Å². The van der Waals surface area contributed by atoms with Gasteiger partial charge in [0.15, 0.2) is 0 Å². The molecule has 0 radical (unpaired) electrons. The average Bonchev–Trinajstić information content (AvgIpc) is 2.49. The van der Waals surface area contributed by atoms with Gasteiger partial charge in [-0.1, -0.05) is 41.5 Å². The Morgan fingerprint density at radius 3 is 1.42 bits per heavy atom. The Labute approximate surface area is 151 Å². The summed E-state index contributed by atoms with van der Waals surface area (Å²) in [5, 5.41) is 0. The number of rotatable bonds is 11. The number of nitrogens with zero attached hydrogens (tertiary/aromatic N) is 1. The maximum absolute atomic E-state index is 6.44. The van der Waals surface area contributed by atoms with Gasteiger partial charge >= 0.3 is 8.80 Å². The molecule has 0 spiro atoms. The van der Waals surface area contributed by atoms with E-state index in [2.05, 4.69) is 48.6 Å². The van der Waals surface area contributed by atoms with Crippen molar-refractivity contribution in [3.8, 4) is 0 Å². The lowest BCUT2D eigenvalue weighted by Gasteiger charge is -2.43. The molecule has 0 aromatic carbocycles. The fourth-order valence-electron chi connectivity index (χ4n) is 3.04. The quantitative estimate of drug-likeness (QED) is 0.410. The minimum atomic E-state index is -2.67. The van der Waals surface area contributed by atoms with Crippen molar-refractivity contribution in [1.29, 1.82) is 0 Å². The fraction of sp³-hybridized carbons (Fsp3) is 1.00. The monoisotopic (exact) mass is 360 g/mol. The molecule has 1 aliphatic rings. The summed E-state index contributed by atoms with van der Waals surface area (Å²) in [6.07, 6.45) is 4.88. The van der Waals surface area contributed by atoms with Crippen LogP contribution >= 0.6 is 0 Å². The summed E-state index contributed by atoms with van der Waals surface area (Å²) >= 11 is 0. The molecule has 4 nitrogen and oxygen atoms in total. The first-order valence-corrected chi connectivity index (χ1v) is 11.8. The van der Waals surface area contributed by atoms with Crippen LogP contribution < -0.4 is 0 Å². The van der Waals surface area contributed by atoms with E-state index >= 15 is 0 Å². The number of likely N-dealkylation sites (tertiary alicyclic amines) is 1. The molecule has 5 heteroatoms. The van der Waals surface area contributed by atoms with Crippen LogP contribution in [0.3, 0.4) is 0 Å². The first-order valence-electron chi connectivity index (χ1n) is 9.92. The highest BCUT2D eigenvalue weighted by Crippen LogP contribution is 2.24. The Morgan fingerprint density at radius 1 is 0.708 bits per heavy atom. The Kier molecular flexibility index (Phi) is 9.45. The summed E-state index contributed by atoms with van der Waals surface area (Å²) in [5.74, 6) is 1.48. The SMILES string of the molecule is CC(C)CO[Si](C[N+]1(C)CCCCC1)(OCC(C)C)OCC(C)C. The van der Waals surface area contributed by atoms with Gasteiger partial charge in [0.05, 0.1) is 20.1 Å². The van der Waals surface area contributed by atoms with Gasteiger partial charge in [-0.05, 0) is 37.0 Å². The molecule has 0 bridgehead atoms. The van der Waals surface area contributed by atoms with Gasteiger partial charge < -0.3 is 17.8 Å². The van der Waals surface area contributed by atoms with Crippen molar-refractivity contribution in [2.75, 3.05) is 46.1 Å². The topological polar surface area (TPSA) is 27.7 Å². The van der Waals surface area contributed by atoms with E-state index in [1.165, 1.54) is 32.4 Å². The second-order valence-electron chi connectivity index (χ2n) is 9.08. The Balaban J connectivity index is 2.91. The summed E-state index contributed by atoms with van der Waals surface area (Å²) in [4.78, 5) is 0. The van der Waals surface area contributed by atoms with Crippen molar-refractivity contribution >= 4 is 8.80 Å². The summed E-state index contributed by atoms with van der Waals surface area (Å²) in [6.45, 7) is 17.8. The van der Waals surface area contributed by atoms with Crippen LogP contribution in [0.4, 0.5) is 0 Å². The zero-order valence-corrected chi connectivity index (χ0v) is 18.3. The molecule has 1 heterocycles. The van der Waals surface area contributed by atoms with E-state index in [4.69, 9.17) is 13.3 Å². The van der Waals surface area contributed by atoms with Gasteiger partial charge in [-0.25, -0.2) is 0 Å². The maximum Gasteiger partial charge on any atom is 0.559 e. The zero-order valence-electron chi connectivity index (χ0n) is 17.3. The molecule has 144 valence electrons. The molecule has 0 N–H and O–H groups in total. The van der Waals surface area contributed by atoms with E-state index in [-0.39, 0.29) is 0 Å². The molecule has 0 unspecified atom stereocenters. The molecule has 0 aromatic rings. The number of quaternary nitrogens is 1. The Hall–Kier alpha value is 0.0569. The first kappa shape index (κ1) is 22.1. The van der Waals surface area contributed by atoms with Crippen LogP contribution in [0, 0.1) is 17.8 Å². The third-order valence-electron chi connectivity index (χ3n) is 4.38. The largest absolute Gasteiger partial charge is 0.559 e. The second-order valence-corrected chi connectivity index (χ2v) is 11.6. The smallest absolute Gasteiger partial charge is 0.370 e. The molecule has 1 rings (SSSR count). The summed E-state index contributed by atoms with van der Waals surface area (Å²) in [6, 6.07) is 0. The third kappa shape index (κ3) is 8.43. The summed E-state index contributed by atoms with van der Waals surface area (Å²) in [5.41, 5.74) is 0. The molecule has 1 saturated heterocycles. The molecule has 1 fully saturated rings. The lowest BCUT2D eigenvalue weighted by molar-refractivity contribution is -0.906. The van der Waals surface area contributed by atoms with Gasteiger partial charge in [-0.3, -0.25) is 0 Å². The van der Waals surface area contributed by atoms with Gasteiger partial charge in [0.25, 0.3) is 0 Å². The van der Waals surface area contributed by atoms with Crippen molar-refractivity contribution in [3.05, 3.63) is 0 Å².